The summed E-state index contributed by atoms with van der Waals surface area (Å²) in [7, 11) is 0. The minimum absolute atomic E-state index is 0.0480. The smallest absolute Gasteiger partial charge is 0.348 e. The van der Waals surface area contributed by atoms with E-state index in [4.69, 9.17) is 16.7 Å². The summed E-state index contributed by atoms with van der Waals surface area (Å²) in [6.45, 7) is -0.0480. The molecule has 84 valence electrons. The van der Waals surface area contributed by atoms with Crippen LogP contribution in [-0.2, 0) is 6.42 Å². The van der Waals surface area contributed by atoms with Gasteiger partial charge in [-0.25, -0.2) is 4.79 Å². The Balaban J connectivity index is 2.40. The zero-order valence-corrected chi connectivity index (χ0v) is 9.11. The van der Waals surface area contributed by atoms with Gasteiger partial charge in [-0.1, -0.05) is 11.6 Å². The minimum Gasteiger partial charge on any atom is -0.396 e. The predicted molar refractivity (Wildman–Crippen MR) is 60.0 cm³/mol. The monoisotopic (exact) mass is 239 g/mol. The Morgan fingerprint density at radius 1 is 1.38 bits per heavy atom. The van der Waals surface area contributed by atoms with Crippen LogP contribution in [0.5, 0.6) is 0 Å². The number of rotatable bonds is 3. The van der Waals surface area contributed by atoms with Gasteiger partial charge in [0.25, 0.3) is 0 Å². The molecular weight excluding hydrogens is 230 g/mol. The van der Waals surface area contributed by atoms with E-state index in [0.717, 1.165) is 0 Å². The largest absolute Gasteiger partial charge is 0.396 e. The quantitative estimate of drug-likeness (QED) is 0.830. The van der Waals surface area contributed by atoms with Crippen molar-refractivity contribution in [1.82, 2.24) is 14.8 Å². The molecule has 0 aliphatic heterocycles. The summed E-state index contributed by atoms with van der Waals surface area (Å²) < 4.78 is 1.24. The van der Waals surface area contributed by atoms with Crippen molar-refractivity contribution >= 4 is 11.6 Å². The van der Waals surface area contributed by atoms with Crippen molar-refractivity contribution in [3.05, 3.63) is 45.6 Å². The normalized spacial score (nSPS) is 10.6. The molecule has 16 heavy (non-hydrogen) atoms. The number of H-pyrrole nitrogens is 1. The molecule has 2 aromatic rings. The first-order chi connectivity index (χ1) is 7.70. The fourth-order valence-corrected chi connectivity index (χ4v) is 1.47. The third-order valence-electron chi connectivity index (χ3n) is 2.08. The maximum Gasteiger partial charge on any atom is 0.348 e. The highest BCUT2D eigenvalue weighted by Gasteiger charge is 2.06. The van der Waals surface area contributed by atoms with Crippen molar-refractivity contribution < 1.29 is 5.11 Å². The SMILES string of the molecule is O=c1[nH]c(CCO)nn1-c1ccc(Cl)cc1. The molecule has 0 bridgehead atoms. The lowest BCUT2D eigenvalue weighted by atomic mass is 10.3. The fraction of sp³-hybridized carbons (Fsp3) is 0.200. The third-order valence-corrected chi connectivity index (χ3v) is 2.34. The van der Waals surface area contributed by atoms with Crippen LogP contribution in [0, 0.1) is 0 Å². The van der Waals surface area contributed by atoms with Crippen molar-refractivity contribution in [3.8, 4) is 5.69 Å². The maximum atomic E-state index is 11.5. The molecule has 0 spiro atoms. The predicted octanol–water partition coefficient (Wildman–Crippen LogP) is 0.749. The summed E-state index contributed by atoms with van der Waals surface area (Å²) in [5.74, 6) is 0.461. The average Bonchev–Trinajstić information content (AvgIpc) is 2.61. The Morgan fingerprint density at radius 2 is 2.06 bits per heavy atom. The molecule has 1 heterocycles. The van der Waals surface area contributed by atoms with Crippen LogP contribution < -0.4 is 5.69 Å². The summed E-state index contributed by atoms with van der Waals surface area (Å²) in [5, 5.41) is 13.4. The van der Waals surface area contributed by atoms with E-state index in [9.17, 15) is 4.79 Å². The number of hydrogen-bond acceptors (Lipinski definition) is 3. The lowest BCUT2D eigenvalue weighted by Crippen LogP contribution is -2.15. The van der Waals surface area contributed by atoms with Crippen LogP contribution >= 0.6 is 11.6 Å². The number of benzene rings is 1. The van der Waals surface area contributed by atoms with Gasteiger partial charge in [0.15, 0.2) is 0 Å². The van der Waals surface area contributed by atoms with Crippen LogP contribution in [0.2, 0.25) is 5.02 Å². The lowest BCUT2D eigenvalue weighted by molar-refractivity contribution is 0.296. The number of aromatic amines is 1. The van der Waals surface area contributed by atoms with Gasteiger partial charge in [-0.3, -0.25) is 4.98 Å². The molecule has 1 aromatic heterocycles. The van der Waals surface area contributed by atoms with E-state index in [1.165, 1.54) is 4.68 Å². The lowest BCUT2D eigenvalue weighted by Gasteiger charge is -1.98. The summed E-state index contributed by atoms with van der Waals surface area (Å²) in [4.78, 5) is 14.1. The number of aliphatic hydroxyl groups excluding tert-OH is 1. The second-order valence-corrected chi connectivity index (χ2v) is 3.68. The maximum absolute atomic E-state index is 11.5. The molecular formula is C10H10ClN3O2. The molecule has 0 fully saturated rings. The van der Waals surface area contributed by atoms with Crippen LogP contribution in [0.3, 0.4) is 0 Å². The van der Waals surface area contributed by atoms with Gasteiger partial charge in [0.05, 0.1) is 12.3 Å². The topological polar surface area (TPSA) is 70.9 Å². The Hall–Kier alpha value is -1.59. The molecule has 0 amide bonds. The molecule has 0 atom stereocenters. The number of aromatic nitrogens is 3. The molecule has 0 saturated heterocycles. The van der Waals surface area contributed by atoms with Crippen molar-refractivity contribution in [2.45, 2.75) is 6.42 Å². The van der Waals surface area contributed by atoms with Crippen LogP contribution in [0.15, 0.2) is 29.1 Å². The number of nitrogens with zero attached hydrogens (tertiary/aromatic N) is 2. The number of halogens is 1. The average molecular weight is 240 g/mol. The van der Waals surface area contributed by atoms with E-state index in [1.54, 1.807) is 24.3 Å². The summed E-state index contributed by atoms with van der Waals surface area (Å²) in [6, 6.07) is 6.77. The van der Waals surface area contributed by atoms with Gasteiger partial charge in [0.2, 0.25) is 0 Å². The van der Waals surface area contributed by atoms with E-state index in [-0.39, 0.29) is 12.3 Å². The van der Waals surface area contributed by atoms with Gasteiger partial charge in [-0.15, -0.1) is 0 Å². The summed E-state index contributed by atoms with van der Waals surface area (Å²) >= 11 is 5.75. The Bertz CT molecular complexity index is 530. The first-order valence-electron chi connectivity index (χ1n) is 4.76. The summed E-state index contributed by atoms with van der Waals surface area (Å²) in [6.07, 6.45) is 0.329. The van der Waals surface area contributed by atoms with Gasteiger partial charge < -0.3 is 5.11 Å². The molecule has 2 rings (SSSR count). The molecule has 6 heteroatoms. The van der Waals surface area contributed by atoms with Gasteiger partial charge in [-0.2, -0.15) is 9.78 Å². The van der Waals surface area contributed by atoms with Crippen LogP contribution in [-0.4, -0.2) is 26.5 Å². The number of hydrogen-bond donors (Lipinski definition) is 2. The molecule has 2 N–H and O–H groups in total. The number of aliphatic hydroxyl groups is 1. The van der Waals surface area contributed by atoms with E-state index in [0.29, 0.717) is 23.0 Å². The van der Waals surface area contributed by atoms with Gasteiger partial charge >= 0.3 is 5.69 Å². The second kappa shape index (κ2) is 4.51. The van der Waals surface area contributed by atoms with Gasteiger partial charge in [0.1, 0.15) is 5.82 Å². The van der Waals surface area contributed by atoms with Crippen LogP contribution in [0.1, 0.15) is 5.82 Å². The van der Waals surface area contributed by atoms with E-state index in [2.05, 4.69) is 10.1 Å². The van der Waals surface area contributed by atoms with Gasteiger partial charge in [-0.05, 0) is 24.3 Å². The molecule has 0 aliphatic carbocycles. The summed E-state index contributed by atoms with van der Waals surface area (Å²) in [5.41, 5.74) is 0.306. The third kappa shape index (κ3) is 2.15. The first-order valence-corrected chi connectivity index (χ1v) is 5.13. The van der Waals surface area contributed by atoms with E-state index >= 15 is 0 Å². The Morgan fingerprint density at radius 3 is 2.69 bits per heavy atom. The van der Waals surface area contributed by atoms with Crippen molar-refractivity contribution in [1.29, 1.82) is 0 Å². The van der Waals surface area contributed by atoms with Gasteiger partial charge in [0, 0.05) is 11.4 Å². The molecule has 0 aliphatic rings. The number of nitrogens with one attached hydrogen (secondary N) is 1. The van der Waals surface area contributed by atoms with E-state index in [1.807, 2.05) is 0 Å². The zero-order chi connectivity index (χ0) is 11.5. The Kier molecular flexibility index (Phi) is 3.07. The van der Waals surface area contributed by atoms with Crippen molar-refractivity contribution in [2.24, 2.45) is 0 Å². The minimum atomic E-state index is -0.328. The molecule has 0 radical (unpaired) electrons. The fourth-order valence-electron chi connectivity index (χ4n) is 1.34. The van der Waals surface area contributed by atoms with Crippen LogP contribution in [0.4, 0.5) is 0 Å². The van der Waals surface area contributed by atoms with E-state index < -0.39 is 0 Å². The second-order valence-electron chi connectivity index (χ2n) is 3.24. The first kappa shape index (κ1) is 10.9. The zero-order valence-electron chi connectivity index (χ0n) is 8.35. The highest BCUT2D eigenvalue weighted by atomic mass is 35.5. The highest BCUT2D eigenvalue weighted by molar-refractivity contribution is 6.30. The highest BCUT2D eigenvalue weighted by Crippen LogP contribution is 2.11. The molecule has 1 aromatic carbocycles. The molecule has 0 saturated carbocycles. The molecule has 5 nitrogen and oxygen atoms in total. The van der Waals surface area contributed by atoms with Crippen molar-refractivity contribution in [2.75, 3.05) is 6.61 Å². The standard InChI is InChI=1S/C10H10ClN3O2/c11-7-1-3-8(4-2-7)14-10(16)12-9(13-14)5-6-15/h1-4,15H,5-6H2,(H,12,13,16). The van der Waals surface area contributed by atoms with Crippen LogP contribution in [0.25, 0.3) is 5.69 Å². The molecule has 0 unspecified atom stereocenters. The van der Waals surface area contributed by atoms with Crippen molar-refractivity contribution in [3.63, 3.8) is 0 Å². The Labute approximate surface area is 96.3 Å².